The zero-order valence-corrected chi connectivity index (χ0v) is 11.0. The summed E-state index contributed by atoms with van der Waals surface area (Å²) < 4.78 is 13.1. The highest BCUT2D eigenvalue weighted by Crippen LogP contribution is 2.24. The highest BCUT2D eigenvalue weighted by molar-refractivity contribution is 5.39. The number of nitrogens with two attached hydrogens (primary N) is 1. The van der Waals surface area contributed by atoms with Gasteiger partial charge in [0.1, 0.15) is 5.82 Å². The molecule has 2 heteroatoms. The maximum atomic E-state index is 13.1. The zero-order valence-electron chi connectivity index (χ0n) is 11.0. The first-order valence-electron chi connectivity index (χ1n) is 6.08. The quantitative estimate of drug-likeness (QED) is 0.853. The van der Waals surface area contributed by atoms with Crippen molar-refractivity contribution in [2.75, 3.05) is 0 Å². The molecule has 0 radical (unpaired) electrons. The Morgan fingerprint density at radius 2 is 1.61 bits per heavy atom. The molecule has 0 heterocycles. The fraction of sp³-hybridized carbons (Fsp3) is 0.250. The summed E-state index contributed by atoms with van der Waals surface area (Å²) in [6.07, 6.45) is 0. The molecule has 0 saturated carbocycles. The fourth-order valence-electron chi connectivity index (χ4n) is 2.13. The smallest absolute Gasteiger partial charge is 0.123 e. The van der Waals surface area contributed by atoms with Gasteiger partial charge in [-0.3, -0.25) is 0 Å². The lowest BCUT2D eigenvalue weighted by molar-refractivity contribution is 0.624. The zero-order chi connectivity index (χ0) is 13.3. The molecule has 0 spiro atoms. The molecule has 18 heavy (non-hydrogen) atoms. The van der Waals surface area contributed by atoms with Crippen LogP contribution in [0.4, 0.5) is 4.39 Å². The normalized spacial score (nSPS) is 12.5. The molecule has 0 aliphatic rings. The van der Waals surface area contributed by atoms with E-state index in [9.17, 15) is 4.39 Å². The molecule has 2 rings (SSSR count). The molecular formula is C16H18FN. The van der Waals surface area contributed by atoms with Gasteiger partial charge in [0.2, 0.25) is 0 Å². The summed E-state index contributed by atoms with van der Waals surface area (Å²) >= 11 is 0. The van der Waals surface area contributed by atoms with Crippen LogP contribution in [0.2, 0.25) is 0 Å². The predicted octanol–water partition coefficient (Wildman–Crippen LogP) is 3.80. The molecule has 0 saturated heterocycles. The van der Waals surface area contributed by atoms with Gasteiger partial charge in [-0.25, -0.2) is 4.39 Å². The Bertz CT molecular complexity index is 575. The highest BCUT2D eigenvalue weighted by atomic mass is 19.1. The van der Waals surface area contributed by atoms with E-state index in [1.807, 2.05) is 13.0 Å². The Hall–Kier alpha value is -1.67. The Labute approximate surface area is 107 Å². The van der Waals surface area contributed by atoms with E-state index in [4.69, 9.17) is 5.73 Å². The first-order valence-corrected chi connectivity index (χ1v) is 6.08. The van der Waals surface area contributed by atoms with Crippen molar-refractivity contribution in [1.82, 2.24) is 0 Å². The van der Waals surface area contributed by atoms with E-state index < -0.39 is 0 Å². The van der Waals surface area contributed by atoms with Crippen LogP contribution in [-0.4, -0.2) is 0 Å². The van der Waals surface area contributed by atoms with Crippen LogP contribution in [0.1, 0.15) is 33.9 Å². The monoisotopic (exact) mass is 243 g/mol. The van der Waals surface area contributed by atoms with Crippen molar-refractivity contribution in [2.45, 2.75) is 26.8 Å². The molecule has 1 atom stereocenters. The predicted molar refractivity (Wildman–Crippen MR) is 73.1 cm³/mol. The molecule has 1 unspecified atom stereocenters. The Morgan fingerprint density at radius 1 is 0.889 bits per heavy atom. The summed E-state index contributed by atoms with van der Waals surface area (Å²) in [6, 6.07) is 10.8. The Morgan fingerprint density at radius 3 is 2.22 bits per heavy atom. The summed E-state index contributed by atoms with van der Waals surface area (Å²) in [5.41, 5.74) is 11.7. The van der Waals surface area contributed by atoms with Crippen molar-refractivity contribution in [3.63, 3.8) is 0 Å². The third kappa shape index (κ3) is 2.44. The summed E-state index contributed by atoms with van der Waals surface area (Å²) in [5.74, 6) is -0.219. The van der Waals surface area contributed by atoms with Crippen molar-refractivity contribution in [3.05, 3.63) is 70.0 Å². The number of hydrogen-bond acceptors (Lipinski definition) is 1. The third-order valence-electron chi connectivity index (χ3n) is 3.46. The second-order valence-electron chi connectivity index (χ2n) is 4.82. The van der Waals surface area contributed by atoms with Crippen LogP contribution in [0, 0.1) is 26.6 Å². The van der Waals surface area contributed by atoms with E-state index in [1.54, 1.807) is 6.07 Å². The number of hydrogen-bond donors (Lipinski definition) is 1. The van der Waals surface area contributed by atoms with Crippen LogP contribution in [0.15, 0.2) is 36.4 Å². The highest BCUT2D eigenvalue weighted by Gasteiger charge is 2.12. The number of rotatable bonds is 2. The van der Waals surface area contributed by atoms with Gasteiger partial charge in [-0.15, -0.1) is 0 Å². The molecule has 0 aromatic heterocycles. The van der Waals surface area contributed by atoms with Gasteiger partial charge in [-0.05, 0) is 60.7 Å². The molecule has 2 aromatic carbocycles. The van der Waals surface area contributed by atoms with Crippen LogP contribution >= 0.6 is 0 Å². The van der Waals surface area contributed by atoms with Crippen molar-refractivity contribution >= 4 is 0 Å². The van der Waals surface area contributed by atoms with Crippen LogP contribution in [-0.2, 0) is 0 Å². The maximum Gasteiger partial charge on any atom is 0.123 e. The summed E-state index contributed by atoms with van der Waals surface area (Å²) in [5, 5.41) is 0. The average molecular weight is 243 g/mol. The standard InChI is InChI=1S/C16H18FN/c1-10-4-5-13(8-11(10)2)16(18)15-7-6-14(17)9-12(15)3/h4-9,16H,18H2,1-3H3. The minimum atomic E-state index is -0.219. The Balaban J connectivity index is 2.41. The van der Waals surface area contributed by atoms with Gasteiger partial charge in [0, 0.05) is 0 Å². The summed E-state index contributed by atoms with van der Waals surface area (Å²) in [7, 11) is 0. The average Bonchev–Trinajstić information content (AvgIpc) is 2.32. The molecule has 0 bridgehead atoms. The van der Waals surface area contributed by atoms with Gasteiger partial charge in [-0.1, -0.05) is 24.3 Å². The molecule has 0 aliphatic heterocycles. The lowest BCUT2D eigenvalue weighted by Gasteiger charge is -2.16. The molecule has 94 valence electrons. The SMILES string of the molecule is Cc1ccc(C(N)c2ccc(F)cc2C)cc1C. The molecule has 2 N–H and O–H groups in total. The maximum absolute atomic E-state index is 13.1. The molecule has 1 nitrogen and oxygen atoms in total. The second kappa shape index (κ2) is 4.91. The molecule has 0 aliphatic carbocycles. The van der Waals surface area contributed by atoms with Crippen molar-refractivity contribution in [2.24, 2.45) is 5.73 Å². The van der Waals surface area contributed by atoms with Gasteiger partial charge in [-0.2, -0.15) is 0 Å². The molecular weight excluding hydrogens is 225 g/mol. The molecule has 0 amide bonds. The fourth-order valence-corrected chi connectivity index (χ4v) is 2.13. The summed E-state index contributed by atoms with van der Waals surface area (Å²) in [4.78, 5) is 0. The number of aryl methyl sites for hydroxylation is 3. The lowest BCUT2D eigenvalue weighted by Crippen LogP contribution is -2.13. The van der Waals surface area contributed by atoms with Gasteiger partial charge in [0.25, 0.3) is 0 Å². The van der Waals surface area contributed by atoms with E-state index in [1.165, 1.54) is 23.3 Å². The van der Waals surface area contributed by atoms with Crippen LogP contribution in [0.25, 0.3) is 0 Å². The van der Waals surface area contributed by atoms with Crippen molar-refractivity contribution < 1.29 is 4.39 Å². The third-order valence-corrected chi connectivity index (χ3v) is 3.46. The van der Waals surface area contributed by atoms with Crippen LogP contribution < -0.4 is 5.73 Å². The molecule has 2 aromatic rings. The molecule has 0 fully saturated rings. The number of halogens is 1. The lowest BCUT2D eigenvalue weighted by atomic mass is 9.93. The van der Waals surface area contributed by atoms with E-state index >= 15 is 0 Å². The Kier molecular flexibility index (Phi) is 3.48. The minimum absolute atomic E-state index is 0.204. The minimum Gasteiger partial charge on any atom is -0.320 e. The van der Waals surface area contributed by atoms with E-state index in [2.05, 4.69) is 26.0 Å². The first-order chi connectivity index (χ1) is 8.49. The van der Waals surface area contributed by atoms with Crippen LogP contribution in [0.5, 0.6) is 0 Å². The largest absolute Gasteiger partial charge is 0.320 e. The van der Waals surface area contributed by atoms with Crippen LogP contribution in [0.3, 0.4) is 0 Å². The van der Waals surface area contributed by atoms with E-state index in [0.717, 1.165) is 16.7 Å². The summed E-state index contributed by atoms with van der Waals surface area (Å²) in [6.45, 7) is 6.04. The second-order valence-corrected chi connectivity index (χ2v) is 4.82. The van der Waals surface area contributed by atoms with E-state index in [-0.39, 0.29) is 11.9 Å². The van der Waals surface area contributed by atoms with Crippen molar-refractivity contribution in [1.29, 1.82) is 0 Å². The van der Waals surface area contributed by atoms with Crippen molar-refractivity contribution in [3.8, 4) is 0 Å². The first kappa shape index (κ1) is 12.8. The topological polar surface area (TPSA) is 26.0 Å². The van der Waals surface area contributed by atoms with Gasteiger partial charge < -0.3 is 5.73 Å². The van der Waals surface area contributed by atoms with Gasteiger partial charge >= 0.3 is 0 Å². The van der Waals surface area contributed by atoms with Gasteiger partial charge in [0.05, 0.1) is 6.04 Å². The van der Waals surface area contributed by atoms with E-state index in [0.29, 0.717) is 0 Å². The van der Waals surface area contributed by atoms with Gasteiger partial charge in [0.15, 0.2) is 0 Å². The number of benzene rings is 2.